The first-order valence-corrected chi connectivity index (χ1v) is 10.3. The van der Waals surface area contributed by atoms with Gasteiger partial charge in [0.05, 0.1) is 12.1 Å². The average molecular weight is 410 g/mol. The Morgan fingerprint density at radius 1 is 1.20 bits per heavy atom. The molecule has 1 aromatic heterocycles. The van der Waals surface area contributed by atoms with Crippen molar-refractivity contribution in [3.05, 3.63) is 63.6 Å². The second kappa shape index (κ2) is 9.17. The number of phenolic OH excluding ortho intramolecular Hbond substituents is 1. The van der Waals surface area contributed by atoms with Crippen molar-refractivity contribution in [1.82, 2.24) is 19.7 Å². The number of rotatable bonds is 8. The Kier molecular flexibility index (Phi) is 6.62. The molecule has 0 saturated heterocycles. The van der Waals surface area contributed by atoms with Crippen LogP contribution in [0.3, 0.4) is 0 Å². The van der Waals surface area contributed by atoms with Gasteiger partial charge in [0, 0.05) is 18.3 Å². The lowest BCUT2D eigenvalue weighted by Crippen LogP contribution is -2.19. The number of anilines is 1. The summed E-state index contributed by atoms with van der Waals surface area (Å²) >= 11 is 0. The smallest absolute Gasteiger partial charge is 0.343 e. The van der Waals surface area contributed by atoms with Crippen LogP contribution in [-0.2, 0) is 13.1 Å². The molecule has 0 aliphatic rings. The zero-order chi connectivity index (χ0) is 21.8. The number of H-pyrrole nitrogens is 1. The minimum atomic E-state index is -0.320. The number of benzene rings is 2. The fourth-order valence-corrected chi connectivity index (χ4v) is 3.68. The standard InChI is InChI=1S/C23H31N5O2/c1-5-10-27(4)13-16-6-8-17(9-7-16)14-28-22(25-26-23(28)30)19-11-18(15(2)3)20(24)12-21(19)29/h6-9,11-12,15,29H,5,10,13-14,24H2,1-4H3,(H,26,30). The highest BCUT2D eigenvalue weighted by atomic mass is 16.3. The van der Waals surface area contributed by atoms with Crippen LogP contribution in [0.2, 0.25) is 0 Å². The summed E-state index contributed by atoms with van der Waals surface area (Å²) in [7, 11) is 2.11. The van der Waals surface area contributed by atoms with Gasteiger partial charge in [0.1, 0.15) is 5.75 Å². The topological polar surface area (TPSA) is 100 Å². The Morgan fingerprint density at radius 2 is 1.87 bits per heavy atom. The Balaban J connectivity index is 1.89. The quantitative estimate of drug-likeness (QED) is 0.494. The number of aromatic amines is 1. The van der Waals surface area contributed by atoms with Crippen molar-refractivity contribution < 1.29 is 5.11 Å². The van der Waals surface area contributed by atoms with E-state index in [1.165, 1.54) is 16.2 Å². The average Bonchev–Trinajstić information content (AvgIpc) is 3.03. The summed E-state index contributed by atoms with van der Waals surface area (Å²) in [5.74, 6) is 0.583. The summed E-state index contributed by atoms with van der Waals surface area (Å²) in [5, 5.41) is 17.1. The van der Waals surface area contributed by atoms with Crippen molar-refractivity contribution in [1.29, 1.82) is 0 Å². The molecular formula is C23H31N5O2. The molecule has 7 heteroatoms. The molecule has 3 rings (SSSR count). The second-order valence-electron chi connectivity index (χ2n) is 8.15. The fourth-order valence-electron chi connectivity index (χ4n) is 3.68. The molecule has 160 valence electrons. The van der Waals surface area contributed by atoms with E-state index in [0.717, 1.165) is 30.6 Å². The number of phenols is 1. The molecule has 0 radical (unpaired) electrons. The minimum Gasteiger partial charge on any atom is -0.507 e. The first-order chi connectivity index (χ1) is 14.3. The maximum absolute atomic E-state index is 12.4. The van der Waals surface area contributed by atoms with Gasteiger partial charge in [-0.25, -0.2) is 9.89 Å². The van der Waals surface area contributed by atoms with Crippen molar-refractivity contribution in [2.75, 3.05) is 19.3 Å². The van der Waals surface area contributed by atoms with Crippen LogP contribution in [0.25, 0.3) is 11.4 Å². The van der Waals surface area contributed by atoms with Gasteiger partial charge >= 0.3 is 5.69 Å². The van der Waals surface area contributed by atoms with Crippen LogP contribution in [-0.4, -0.2) is 38.4 Å². The summed E-state index contributed by atoms with van der Waals surface area (Å²) in [5.41, 5.74) is 9.86. The van der Waals surface area contributed by atoms with Crippen molar-refractivity contribution in [2.24, 2.45) is 0 Å². The molecule has 0 spiro atoms. The highest BCUT2D eigenvalue weighted by Crippen LogP contribution is 2.34. The van der Waals surface area contributed by atoms with Gasteiger partial charge < -0.3 is 15.7 Å². The molecule has 1 heterocycles. The molecule has 0 bridgehead atoms. The maximum Gasteiger partial charge on any atom is 0.343 e. The van der Waals surface area contributed by atoms with Crippen LogP contribution in [0.5, 0.6) is 5.75 Å². The molecule has 0 amide bonds. The SMILES string of the molecule is CCCN(C)Cc1ccc(Cn2c(-c3cc(C(C)C)c(N)cc3O)n[nH]c2=O)cc1. The summed E-state index contributed by atoms with van der Waals surface area (Å²) in [6.45, 7) is 8.54. The number of nitrogens with one attached hydrogen (secondary N) is 1. The highest BCUT2D eigenvalue weighted by molar-refractivity contribution is 5.70. The lowest BCUT2D eigenvalue weighted by atomic mass is 9.97. The first kappa shape index (κ1) is 21.6. The van der Waals surface area contributed by atoms with Gasteiger partial charge in [0.25, 0.3) is 0 Å². The molecular weight excluding hydrogens is 378 g/mol. The van der Waals surface area contributed by atoms with Crippen molar-refractivity contribution in [2.45, 2.75) is 46.2 Å². The van der Waals surface area contributed by atoms with Crippen molar-refractivity contribution in [3.8, 4) is 17.1 Å². The second-order valence-corrected chi connectivity index (χ2v) is 8.15. The van der Waals surface area contributed by atoms with Gasteiger partial charge in [-0.05, 0) is 48.7 Å². The van der Waals surface area contributed by atoms with Crippen LogP contribution in [0.4, 0.5) is 5.69 Å². The van der Waals surface area contributed by atoms with Gasteiger partial charge in [-0.1, -0.05) is 45.0 Å². The van der Waals surface area contributed by atoms with Gasteiger partial charge in [-0.3, -0.25) is 4.57 Å². The van der Waals surface area contributed by atoms with E-state index in [0.29, 0.717) is 23.6 Å². The van der Waals surface area contributed by atoms with Crippen LogP contribution in [0.15, 0.2) is 41.2 Å². The number of nitrogens with two attached hydrogens (primary N) is 1. The summed E-state index contributed by atoms with van der Waals surface area (Å²) in [6.07, 6.45) is 1.12. The predicted molar refractivity (Wildman–Crippen MR) is 121 cm³/mol. The van der Waals surface area contributed by atoms with Gasteiger partial charge in [0.2, 0.25) is 0 Å². The third-order valence-electron chi connectivity index (χ3n) is 5.24. The zero-order valence-electron chi connectivity index (χ0n) is 18.1. The molecule has 0 atom stereocenters. The lowest BCUT2D eigenvalue weighted by Gasteiger charge is -2.16. The first-order valence-electron chi connectivity index (χ1n) is 10.3. The largest absolute Gasteiger partial charge is 0.507 e. The molecule has 0 aliphatic heterocycles. The highest BCUT2D eigenvalue weighted by Gasteiger charge is 2.18. The molecule has 0 aliphatic carbocycles. The van der Waals surface area contributed by atoms with Crippen LogP contribution < -0.4 is 11.4 Å². The number of aromatic hydroxyl groups is 1. The molecule has 30 heavy (non-hydrogen) atoms. The van der Waals surface area contributed by atoms with E-state index in [2.05, 4.69) is 41.2 Å². The minimum absolute atomic E-state index is 0.00598. The summed E-state index contributed by atoms with van der Waals surface area (Å²) in [4.78, 5) is 14.7. The summed E-state index contributed by atoms with van der Waals surface area (Å²) in [6, 6.07) is 11.6. The van der Waals surface area contributed by atoms with Gasteiger partial charge in [-0.15, -0.1) is 0 Å². The monoisotopic (exact) mass is 409 g/mol. The predicted octanol–water partition coefficient (Wildman–Crippen LogP) is 3.54. The van der Waals surface area contributed by atoms with Crippen molar-refractivity contribution in [3.63, 3.8) is 0 Å². The Labute approximate surface area is 177 Å². The van der Waals surface area contributed by atoms with Gasteiger partial charge in [-0.2, -0.15) is 5.10 Å². The van der Waals surface area contributed by atoms with E-state index >= 15 is 0 Å². The Bertz CT molecular complexity index is 1050. The fraction of sp³-hybridized carbons (Fsp3) is 0.391. The molecule has 2 aromatic carbocycles. The van der Waals surface area contributed by atoms with E-state index in [1.54, 1.807) is 0 Å². The van der Waals surface area contributed by atoms with E-state index in [4.69, 9.17) is 5.73 Å². The third-order valence-corrected chi connectivity index (χ3v) is 5.24. The van der Waals surface area contributed by atoms with E-state index in [9.17, 15) is 9.90 Å². The third kappa shape index (κ3) is 4.74. The number of hydrogen-bond donors (Lipinski definition) is 3. The van der Waals surface area contributed by atoms with Crippen LogP contribution >= 0.6 is 0 Å². The van der Waals surface area contributed by atoms with E-state index in [1.807, 2.05) is 32.0 Å². The maximum atomic E-state index is 12.4. The molecule has 4 N–H and O–H groups in total. The number of aromatic nitrogens is 3. The van der Waals surface area contributed by atoms with Crippen LogP contribution in [0, 0.1) is 0 Å². The normalized spacial score (nSPS) is 11.5. The molecule has 3 aromatic rings. The molecule has 0 fully saturated rings. The number of hydrogen-bond acceptors (Lipinski definition) is 5. The van der Waals surface area contributed by atoms with E-state index < -0.39 is 0 Å². The summed E-state index contributed by atoms with van der Waals surface area (Å²) < 4.78 is 1.54. The molecule has 0 unspecified atom stereocenters. The van der Waals surface area contributed by atoms with Crippen LogP contribution in [0.1, 0.15) is 49.8 Å². The molecule has 7 nitrogen and oxygen atoms in total. The molecule has 0 saturated carbocycles. The number of nitrogen functional groups attached to an aromatic ring is 1. The van der Waals surface area contributed by atoms with E-state index in [-0.39, 0.29) is 17.4 Å². The number of nitrogens with zero attached hydrogens (tertiary/aromatic N) is 3. The lowest BCUT2D eigenvalue weighted by molar-refractivity contribution is 0.327. The van der Waals surface area contributed by atoms with Crippen molar-refractivity contribution >= 4 is 5.69 Å². The zero-order valence-corrected chi connectivity index (χ0v) is 18.1. The Hall–Kier alpha value is -3.06. The Morgan fingerprint density at radius 3 is 2.50 bits per heavy atom. The van der Waals surface area contributed by atoms with Gasteiger partial charge in [0.15, 0.2) is 5.82 Å².